The molecule has 1 aliphatic heterocycles. The number of benzene rings is 3. The van der Waals surface area contributed by atoms with Gasteiger partial charge in [0, 0.05) is 18.0 Å². The van der Waals surface area contributed by atoms with Crippen molar-refractivity contribution in [1.29, 1.82) is 0 Å². The van der Waals surface area contributed by atoms with Crippen LogP contribution >= 0.6 is 11.8 Å². The lowest BCUT2D eigenvalue weighted by Crippen LogP contribution is -2.36. The zero-order valence-corrected chi connectivity index (χ0v) is 18.0. The van der Waals surface area contributed by atoms with Crippen molar-refractivity contribution < 1.29 is 14.3 Å². The normalized spacial score (nSPS) is 18.1. The Morgan fingerprint density at radius 2 is 1.69 bits per heavy atom. The Morgan fingerprint density at radius 3 is 2.41 bits per heavy atom. The number of ether oxygens (including phenoxy) is 1. The molecule has 3 aromatic carbocycles. The van der Waals surface area contributed by atoms with E-state index in [1.807, 2.05) is 89.7 Å². The second kappa shape index (κ2) is 8.51. The fraction of sp³-hybridized carbons (Fsp3) is 0.160. The Hall–Kier alpha value is -3.58. The van der Waals surface area contributed by atoms with Crippen molar-refractivity contribution in [3.8, 4) is 5.75 Å². The van der Waals surface area contributed by atoms with E-state index in [1.54, 1.807) is 0 Å². The molecule has 1 unspecified atom stereocenters. The van der Waals surface area contributed by atoms with Crippen LogP contribution in [0, 0.1) is 0 Å². The fourth-order valence-corrected chi connectivity index (χ4v) is 5.01. The van der Waals surface area contributed by atoms with Gasteiger partial charge < -0.3 is 4.74 Å². The molecule has 6 nitrogen and oxygen atoms in total. The van der Waals surface area contributed by atoms with E-state index in [1.165, 1.54) is 0 Å². The van der Waals surface area contributed by atoms with E-state index in [0.29, 0.717) is 19.6 Å². The maximum absolute atomic E-state index is 12.7. The average molecular weight is 444 g/mol. The molecule has 1 fully saturated rings. The molecule has 2 heterocycles. The molecule has 4 aromatic rings. The van der Waals surface area contributed by atoms with Crippen LogP contribution in [-0.4, -0.2) is 27.5 Å². The molecule has 5 rings (SSSR count). The van der Waals surface area contributed by atoms with Crippen molar-refractivity contribution in [2.45, 2.75) is 17.7 Å². The van der Waals surface area contributed by atoms with Crippen molar-refractivity contribution in [3.63, 3.8) is 0 Å². The largest absolute Gasteiger partial charge is 0.492 e. The minimum absolute atomic E-state index is 0.273. The SMILES string of the molecule is O=C1NC(=O)C(Cc2ccc(OCCn3cc4ccccc4n3)cc2)(c2ccccc2)S1. The molecule has 7 heteroatoms. The third-order valence-electron chi connectivity index (χ3n) is 5.52. The van der Waals surface area contributed by atoms with Gasteiger partial charge in [0.2, 0.25) is 5.91 Å². The molecule has 1 saturated heterocycles. The summed E-state index contributed by atoms with van der Waals surface area (Å²) in [7, 11) is 0. The smallest absolute Gasteiger partial charge is 0.287 e. The van der Waals surface area contributed by atoms with Crippen molar-refractivity contribution in [3.05, 3.63) is 96.2 Å². The molecule has 0 radical (unpaired) electrons. The number of fused-ring (bicyclic) bond motifs is 1. The van der Waals surface area contributed by atoms with Gasteiger partial charge in [0.05, 0.1) is 12.1 Å². The molecule has 160 valence electrons. The van der Waals surface area contributed by atoms with Crippen LogP contribution in [0.5, 0.6) is 5.75 Å². The average Bonchev–Trinajstić information content (AvgIpc) is 3.35. The lowest BCUT2D eigenvalue weighted by atomic mass is 9.90. The molecule has 1 aromatic heterocycles. The topological polar surface area (TPSA) is 73.2 Å². The van der Waals surface area contributed by atoms with Crippen molar-refractivity contribution >= 4 is 33.8 Å². The Balaban J connectivity index is 1.25. The van der Waals surface area contributed by atoms with E-state index >= 15 is 0 Å². The summed E-state index contributed by atoms with van der Waals surface area (Å²) in [4.78, 5) is 24.7. The monoisotopic (exact) mass is 443 g/mol. The van der Waals surface area contributed by atoms with Crippen LogP contribution in [0.4, 0.5) is 4.79 Å². The number of hydrogen-bond donors (Lipinski definition) is 1. The molecule has 0 aliphatic carbocycles. The first-order valence-electron chi connectivity index (χ1n) is 10.4. The Morgan fingerprint density at radius 1 is 0.938 bits per heavy atom. The van der Waals surface area contributed by atoms with Crippen molar-refractivity contribution in [2.75, 3.05) is 6.61 Å². The predicted octanol–water partition coefficient (Wildman–Crippen LogP) is 4.54. The number of imide groups is 1. The van der Waals surface area contributed by atoms with Crippen LogP contribution in [0.15, 0.2) is 85.1 Å². The number of amides is 2. The Kier molecular flexibility index (Phi) is 5.41. The van der Waals surface area contributed by atoms with Gasteiger partial charge in [0.15, 0.2) is 0 Å². The maximum Gasteiger partial charge on any atom is 0.287 e. The van der Waals surface area contributed by atoms with E-state index in [4.69, 9.17) is 4.74 Å². The summed E-state index contributed by atoms with van der Waals surface area (Å²) in [5.74, 6) is 0.476. The quantitative estimate of drug-likeness (QED) is 0.454. The standard InChI is InChI=1S/C25H21N3O3S/c29-23-25(32-24(30)26-23,20-7-2-1-3-8-20)16-18-10-12-21(13-11-18)31-15-14-28-17-19-6-4-5-9-22(19)27-28/h1-13,17H,14-16H2,(H,26,29,30). The van der Waals surface area contributed by atoms with E-state index in [2.05, 4.69) is 10.4 Å². The van der Waals surface area contributed by atoms with Gasteiger partial charge in [0.25, 0.3) is 5.24 Å². The summed E-state index contributed by atoms with van der Waals surface area (Å²) in [6, 6.07) is 25.1. The summed E-state index contributed by atoms with van der Waals surface area (Å²) >= 11 is 1.05. The highest BCUT2D eigenvalue weighted by molar-refractivity contribution is 8.15. The molecular weight excluding hydrogens is 422 g/mol. The Labute approximate surface area is 189 Å². The number of thioether (sulfide) groups is 1. The van der Waals surface area contributed by atoms with Crippen LogP contribution < -0.4 is 10.1 Å². The fourth-order valence-electron chi connectivity index (χ4n) is 3.92. The number of aromatic nitrogens is 2. The van der Waals surface area contributed by atoms with Crippen molar-refractivity contribution in [1.82, 2.24) is 15.1 Å². The predicted molar refractivity (Wildman–Crippen MR) is 125 cm³/mol. The second-order valence-electron chi connectivity index (χ2n) is 7.66. The first-order chi connectivity index (χ1) is 15.6. The van der Waals surface area contributed by atoms with Gasteiger partial charge in [-0.2, -0.15) is 5.10 Å². The van der Waals surface area contributed by atoms with Crippen LogP contribution in [0.25, 0.3) is 10.9 Å². The zero-order valence-electron chi connectivity index (χ0n) is 17.2. The number of nitrogens with one attached hydrogen (secondary N) is 1. The van der Waals surface area contributed by atoms with Crippen LogP contribution in [-0.2, 0) is 22.5 Å². The number of nitrogens with zero attached hydrogens (tertiary/aromatic N) is 2. The van der Waals surface area contributed by atoms with Gasteiger partial charge in [-0.15, -0.1) is 0 Å². The molecule has 0 bridgehead atoms. The molecule has 0 saturated carbocycles. The van der Waals surface area contributed by atoms with Crippen LogP contribution in [0.3, 0.4) is 0 Å². The van der Waals surface area contributed by atoms with Crippen molar-refractivity contribution in [2.24, 2.45) is 0 Å². The summed E-state index contributed by atoms with van der Waals surface area (Å²) in [5, 5.41) is 7.77. The maximum atomic E-state index is 12.7. The molecule has 2 amide bonds. The first-order valence-corrected chi connectivity index (χ1v) is 11.2. The lowest BCUT2D eigenvalue weighted by Gasteiger charge is -2.25. The third-order valence-corrected chi connectivity index (χ3v) is 6.72. The van der Waals surface area contributed by atoms with E-state index in [9.17, 15) is 9.59 Å². The highest BCUT2D eigenvalue weighted by Crippen LogP contribution is 2.44. The van der Waals surface area contributed by atoms with Gasteiger partial charge in [-0.1, -0.05) is 60.7 Å². The molecular formula is C25H21N3O3S. The lowest BCUT2D eigenvalue weighted by molar-refractivity contribution is -0.121. The molecule has 1 atom stereocenters. The molecule has 1 aliphatic rings. The summed E-state index contributed by atoms with van der Waals surface area (Å²) in [6.45, 7) is 1.14. The minimum atomic E-state index is -0.956. The van der Waals surface area contributed by atoms with Gasteiger partial charge in [-0.25, -0.2) is 0 Å². The van der Waals surface area contributed by atoms with Gasteiger partial charge in [0.1, 0.15) is 17.1 Å². The number of rotatable bonds is 7. The molecule has 32 heavy (non-hydrogen) atoms. The minimum Gasteiger partial charge on any atom is -0.492 e. The molecule has 1 N–H and O–H groups in total. The number of hydrogen-bond acceptors (Lipinski definition) is 5. The van der Waals surface area contributed by atoms with E-state index in [-0.39, 0.29) is 11.1 Å². The van der Waals surface area contributed by atoms with Crippen LogP contribution in [0.1, 0.15) is 11.1 Å². The highest BCUT2D eigenvalue weighted by atomic mass is 32.2. The zero-order chi connectivity index (χ0) is 22.0. The number of carbonyl (C=O) groups is 2. The van der Waals surface area contributed by atoms with E-state index in [0.717, 1.165) is 39.5 Å². The summed E-state index contributed by atoms with van der Waals surface area (Å²) < 4.78 is 6.81. The van der Waals surface area contributed by atoms with E-state index < -0.39 is 4.75 Å². The molecule has 0 spiro atoms. The highest BCUT2D eigenvalue weighted by Gasteiger charge is 2.49. The van der Waals surface area contributed by atoms with Gasteiger partial charge in [-0.05, 0) is 41.1 Å². The summed E-state index contributed by atoms with van der Waals surface area (Å²) in [6.07, 6.45) is 2.43. The second-order valence-corrected chi connectivity index (χ2v) is 8.93. The Bertz CT molecular complexity index is 1240. The van der Waals surface area contributed by atoms with Gasteiger partial charge in [-0.3, -0.25) is 19.6 Å². The first kappa shape index (κ1) is 20.3. The van der Waals surface area contributed by atoms with Gasteiger partial charge >= 0.3 is 0 Å². The van der Waals surface area contributed by atoms with Crippen LogP contribution in [0.2, 0.25) is 0 Å². The third kappa shape index (κ3) is 3.99. The summed E-state index contributed by atoms with van der Waals surface area (Å²) in [5.41, 5.74) is 2.74. The number of carbonyl (C=O) groups excluding carboxylic acids is 2.